The van der Waals surface area contributed by atoms with Crippen molar-refractivity contribution in [2.24, 2.45) is 5.73 Å². The first kappa shape index (κ1) is 15.3. The maximum absolute atomic E-state index is 12.4. The lowest BCUT2D eigenvalue weighted by atomic mass is 10.5. The maximum Gasteiger partial charge on any atom is 0.352 e. The number of nitrogens with zero attached hydrogens (tertiary/aromatic N) is 1. The molecule has 1 heterocycles. The Morgan fingerprint density at radius 3 is 2.39 bits per heavy atom. The number of rotatable bonds is 7. The third-order valence-corrected chi connectivity index (χ3v) is 5.53. The number of nitro groups is 1. The van der Waals surface area contributed by atoms with Crippen LogP contribution in [0.5, 0.6) is 0 Å². The van der Waals surface area contributed by atoms with Crippen LogP contribution in [0, 0.1) is 10.1 Å². The second-order valence-electron chi connectivity index (χ2n) is 3.25. The third-order valence-electron chi connectivity index (χ3n) is 2.04. The molecule has 0 saturated heterocycles. The molecule has 0 radical (unpaired) electrons. The van der Waals surface area contributed by atoms with E-state index in [1.165, 1.54) is 12.1 Å². The molecule has 2 N–H and O–H groups in total. The quantitative estimate of drug-likeness (QED) is 0.471. The summed E-state index contributed by atoms with van der Waals surface area (Å²) in [4.78, 5) is 10.5. The topological polar surface area (TPSA) is 105 Å². The average Bonchev–Trinajstić information content (AvgIpc) is 2.77. The van der Waals surface area contributed by atoms with Crippen LogP contribution in [-0.2, 0) is 13.6 Å². The van der Waals surface area contributed by atoms with E-state index in [1.807, 2.05) is 0 Å². The van der Waals surface area contributed by atoms with Crippen LogP contribution in [0.2, 0.25) is 0 Å². The molecule has 0 fully saturated rings. The molecule has 0 aliphatic rings. The Balaban J connectivity index is 2.97. The van der Waals surface area contributed by atoms with Gasteiger partial charge in [0.05, 0.1) is 18.1 Å². The molecular weight excluding hydrogens is 279 g/mol. The summed E-state index contributed by atoms with van der Waals surface area (Å²) in [6.07, 6.45) is 0. The minimum absolute atomic E-state index is 0.0556. The van der Waals surface area contributed by atoms with Crippen molar-refractivity contribution >= 4 is 23.9 Å². The molecule has 9 heteroatoms. The van der Waals surface area contributed by atoms with Crippen molar-refractivity contribution in [3.63, 3.8) is 0 Å². The van der Waals surface area contributed by atoms with Crippen molar-refractivity contribution in [2.75, 3.05) is 13.2 Å². The summed E-state index contributed by atoms with van der Waals surface area (Å²) >= 11 is 0.871. The largest absolute Gasteiger partial charge is 0.352 e. The van der Waals surface area contributed by atoms with Gasteiger partial charge in [-0.05, 0) is 19.9 Å². The molecule has 0 aliphatic heterocycles. The summed E-state index contributed by atoms with van der Waals surface area (Å²) < 4.78 is 22.6. The lowest BCUT2D eigenvalue weighted by molar-refractivity contribution is -0.380. The summed E-state index contributed by atoms with van der Waals surface area (Å²) in [5.41, 5.74) is 5.83. The minimum Gasteiger partial charge on any atom is -0.313 e. The molecule has 0 unspecified atom stereocenters. The van der Waals surface area contributed by atoms with Crippen LogP contribution < -0.4 is 5.73 Å². The molecule has 0 saturated carbocycles. The van der Waals surface area contributed by atoms with E-state index in [1.54, 1.807) is 13.8 Å². The molecule has 1 atom stereocenters. The lowest BCUT2D eigenvalue weighted by Gasteiger charge is -2.21. The van der Waals surface area contributed by atoms with Crippen LogP contribution in [-0.4, -0.2) is 18.1 Å². The minimum atomic E-state index is -3.48. The highest BCUT2D eigenvalue weighted by Gasteiger charge is 2.35. The summed E-state index contributed by atoms with van der Waals surface area (Å²) in [7, 11) is -3.48. The maximum atomic E-state index is 12.4. The average molecular weight is 294 g/mol. The Morgan fingerprint density at radius 1 is 1.44 bits per heavy atom. The fraction of sp³-hybridized carbons (Fsp3) is 0.556. The van der Waals surface area contributed by atoms with Crippen molar-refractivity contribution < 1.29 is 18.5 Å². The zero-order chi connectivity index (χ0) is 13.8. The van der Waals surface area contributed by atoms with E-state index in [0.717, 1.165) is 11.3 Å². The van der Waals surface area contributed by atoms with Gasteiger partial charge in [-0.3, -0.25) is 14.7 Å². The Labute approximate surface area is 109 Å². The molecule has 0 amide bonds. The summed E-state index contributed by atoms with van der Waals surface area (Å²) in [6, 6.07) is 2.79. The highest BCUT2D eigenvalue weighted by Crippen LogP contribution is 2.59. The number of nitrogens with two attached hydrogens (primary N) is 1. The van der Waals surface area contributed by atoms with Gasteiger partial charge in [0, 0.05) is 10.9 Å². The van der Waals surface area contributed by atoms with Crippen LogP contribution in [0.25, 0.3) is 0 Å². The van der Waals surface area contributed by atoms with Crippen LogP contribution >= 0.6 is 18.9 Å². The molecule has 1 aromatic rings. The van der Waals surface area contributed by atoms with E-state index >= 15 is 0 Å². The van der Waals surface area contributed by atoms with Crippen LogP contribution in [0.15, 0.2) is 12.1 Å². The molecule has 7 nitrogen and oxygen atoms in total. The molecule has 1 rings (SSSR count). The van der Waals surface area contributed by atoms with E-state index in [4.69, 9.17) is 14.8 Å². The number of hydrogen-bond acceptors (Lipinski definition) is 7. The molecular formula is C9H15N2O5PS. The van der Waals surface area contributed by atoms with Crippen molar-refractivity contribution in [2.45, 2.75) is 19.6 Å². The Hall–Kier alpha value is -0.790. The van der Waals surface area contributed by atoms with Crippen molar-refractivity contribution in [3.05, 3.63) is 27.1 Å². The highest BCUT2D eigenvalue weighted by atomic mass is 32.1. The van der Waals surface area contributed by atoms with Crippen molar-refractivity contribution in [1.29, 1.82) is 0 Å². The van der Waals surface area contributed by atoms with Crippen LogP contribution in [0.4, 0.5) is 5.00 Å². The Bertz CT molecular complexity index is 454. The highest BCUT2D eigenvalue weighted by molar-refractivity contribution is 7.54. The smallest absolute Gasteiger partial charge is 0.313 e. The van der Waals surface area contributed by atoms with Gasteiger partial charge in [0.1, 0.15) is 5.78 Å². The van der Waals surface area contributed by atoms with E-state index in [2.05, 4.69) is 0 Å². The van der Waals surface area contributed by atoms with Gasteiger partial charge < -0.3 is 14.8 Å². The van der Waals surface area contributed by atoms with E-state index in [9.17, 15) is 14.7 Å². The van der Waals surface area contributed by atoms with Gasteiger partial charge in [-0.2, -0.15) is 0 Å². The second-order valence-corrected chi connectivity index (χ2v) is 6.50. The second kappa shape index (κ2) is 6.40. The van der Waals surface area contributed by atoms with E-state index in [0.29, 0.717) is 4.88 Å². The monoisotopic (exact) mass is 294 g/mol. The Kier molecular flexibility index (Phi) is 5.43. The van der Waals surface area contributed by atoms with Crippen molar-refractivity contribution in [1.82, 2.24) is 0 Å². The first-order valence-corrected chi connectivity index (χ1v) is 7.76. The van der Waals surface area contributed by atoms with Gasteiger partial charge in [-0.15, -0.1) is 0 Å². The molecule has 0 aromatic carbocycles. The van der Waals surface area contributed by atoms with Crippen LogP contribution in [0.1, 0.15) is 24.5 Å². The molecule has 0 aliphatic carbocycles. The predicted octanol–water partition coefficient (Wildman–Crippen LogP) is 2.88. The van der Waals surface area contributed by atoms with Crippen LogP contribution in [0.3, 0.4) is 0 Å². The molecule has 1 aromatic heterocycles. The zero-order valence-corrected chi connectivity index (χ0v) is 11.8. The summed E-state index contributed by atoms with van der Waals surface area (Å²) in [5, 5.41) is 10.5. The fourth-order valence-corrected chi connectivity index (χ4v) is 4.08. The first-order chi connectivity index (χ1) is 8.44. The first-order valence-electron chi connectivity index (χ1n) is 5.33. The van der Waals surface area contributed by atoms with Crippen molar-refractivity contribution in [3.8, 4) is 0 Å². The third kappa shape index (κ3) is 3.37. The SMILES string of the molecule is CCOP(=O)(OCC)[C@@H](N)c1ccc([N+](=O)[O-])s1. The lowest BCUT2D eigenvalue weighted by Crippen LogP contribution is -2.13. The summed E-state index contributed by atoms with van der Waals surface area (Å²) in [5.74, 6) is -1.00. The number of hydrogen-bond donors (Lipinski definition) is 1. The standard InChI is InChI=1S/C9H15N2O5PS/c1-3-15-17(14,16-4-2)9(10)7-5-6-8(18-7)11(12)13/h5-6,9H,3-4,10H2,1-2H3/t9-/m1/s1. The summed E-state index contributed by atoms with van der Waals surface area (Å²) in [6.45, 7) is 3.74. The van der Waals surface area contributed by atoms with Gasteiger partial charge in [0.25, 0.3) is 0 Å². The predicted molar refractivity (Wildman–Crippen MR) is 68.8 cm³/mol. The number of thiophene rings is 1. The normalized spacial score (nSPS) is 13.5. The van der Waals surface area contributed by atoms with Gasteiger partial charge >= 0.3 is 12.6 Å². The van der Waals surface area contributed by atoms with E-state index in [-0.39, 0.29) is 18.2 Å². The van der Waals surface area contributed by atoms with Gasteiger partial charge in [0.15, 0.2) is 0 Å². The fourth-order valence-electron chi connectivity index (χ4n) is 1.31. The Morgan fingerprint density at radius 2 is 2.00 bits per heavy atom. The zero-order valence-electron chi connectivity index (χ0n) is 10.1. The molecule has 102 valence electrons. The van der Waals surface area contributed by atoms with Gasteiger partial charge in [-0.1, -0.05) is 11.3 Å². The molecule has 0 spiro atoms. The van der Waals surface area contributed by atoms with Gasteiger partial charge in [-0.25, -0.2) is 0 Å². The molecule has 18 heavy (non-hydrogen) atoms. The van der Waals surface area contributed by atoms with Gasteiger partial charge in [0.2, 0.25) is 0 Å². The molecule has 0 bridgehead atoms. The van der Waals surface area contributed by atoms with E-state index < -0.39 is 18.3 Å².